The van der Waals surface area contributed by atoms with Gasteiger partial charge in [0, 0.05) is 32.2 Å². The number of hydrogen-bond donors (Lipinski definition) is 2. The zero-order valence-electron chi connectivity index (χ0n) is 15.4. The topological polar surface area (TPSA) is 64.3 Å². The van der Waals surface area contributed by atoms with Crippen molar-refractivity contribution in [2.24, 2.45) is 0 Å². The van der Waals surface area contributed by atoms with Gasteiger partial charge in [0.2, 0.25) is 5.91 Å². The van der Waals surface area contributed by atoms with Gasteiger partial charge in [-0.3, -0.25) is 14.6 Å². The first kappa shape index (κ1) is 17.5. The summed E-state index contributed by atoms with van der Waals surface area (Å²) in [7, 11) is 0. The fraction of sp³-hybridized carbons (Fsp3) is 0.600. The van der Waals surface area contributed by atoms with Gasteiger partial charge in [0.05, 0.1) is 24.1 Å². The Morgan fingerprint density at radius 3 is 2.58 bits per heavy atom. The minimum atomic E-state index is 0.197. The quantitative estimate of drug-likeness (QED) is 0.862. The highest BCUT2D eigenvalue weighted by molar-refractivity contribution is 5.78. The van der Waals surface area contributed by atoms with Crippen molar-refractivity contribution in [3.63, 3.8) is 0 Å². The number of nitrogens with one attached hydrogen (secondary N) is 2. The van der Waals surface area contributed by atoms with E-state index < -0.39 is 0 Å². The van der Waals surface area contributed by atoms with E-state index in [0.29, 0.717) is 12.6 Å². The molecule has 6 heteroatoms. The second kappa shape index (κ2) is 8.18. The number of rotatable bonds is 5. The lowest BCUT2D eigenvalue weighted by Gasteiger charge is -2.34. The Morgan fingerprint density at radius 2 is 1.81 bits per heavy atom. The number of carbonyl (C=O) groups excluding carboxylic acids is 1. The van der Waals surface area contributed by atoms with Crippen molar-refractivity contribution < 1.29 is 4.79 Å². The second-order valence-corrected chi connectivity index (χ2v) is 7.66. The molecule has 1 aliphatic carbocycles. The molecule has 1 saturated heterocycles. The van der Waals surface area contributed by atoms with Gasteiger partial charge in [-0.2, -0.15) is 0 Å². The van der Waals surface area contributed by atoms with Gasteiger partial charge in [-0.05, 0) is 25.0 Å². The average Bonchev–Trinajstić information content (AvgIpc) is 3.06. The van der Waals surface area contributed by atoms with Crippen LogP contribution in [0.25, 0.3) is 11.0 Å². The standard InChI is InChI=1S/C20H29N5O/c26-20(21-16-6-2-1-3-7-16)15-25-12-10-24(11-13-25)14-19-22-17-8-4-5-9-18(17)23-19/h4-5,8-9,16H,1-3,6-7,10-15H2,(H,21,26)(H,22,23). The number of aromatic amines is 1. The number of benzene rings is 1. The maximum atomic E-state index is 12.3. The summed E-state index contributed by atoms with van der Waals surface area (Å²) in [6.07, 6.45) is 6.13. The highest BCUT2D eigenvalue weighted by atomic mass is 16.2. The first-order valence-corrected chi connectivity index (χ1v) is 9.94. The van der Waals surface area contributed by atoms with Crippen LogP contribution in [-0.2, 0) is 11.3 Å². The third-order valence-electron chi connectivity index (χ3n) is 5.61. The molecule has 2 fully saturated rings. The van der Waals surface area contributed by atoms with E-state index in [1.807, 2.05) is 18.2 Å². The molecule has 0 radical (unpaired) electrons. The molecule has 0 bridgehead atoms. The minimum Gasteiger partial charge on any atom is -0.352 e. The van der Waals surface area contributed by atoms with Crippen molar-refractivity contribution >= 4 is 16.9 Å². The van der Waals surface area contributed by atoms with E-state index >= 15 is 0 Å². The number of fused-ring (bicyclic) bond motifs is 1. The Morgan fingerprint density at radius 1 is 1.08 bits per heavy atom. The third-order valence-corrected chi connectivity index (χ3v) is 5.61. The summed E-state index contributed by atoms with van der Waals surface area (Å²) in [5.41, 5.74) is 2.13. The van der Waals surface area contributed by atoms with Crippen molar-refractivity contribution in [3.05, 3.63) is 30.1 Å². The van der Waals surface area contributed by atoms with Crippen LogP contribution in [0, 0.1) is 0 Å². The van der Waals surface area contributed by atoms with Gasteiger partial charge >= 0.3 is 0 Å². The number of amides is 1. The van der Waals surface area contributed by atoms with E-state index in [1.54, 1.807) is 0 Å². The monoisotopic (exact) mass is 355 g/mol. The second-order valence-electron chi connectivity index (χ2n) is 7.66. The fourth-order valence-corrected chi connectivity index (χ4v) is 4.12. The molecule has 140 valence electrons. The van der Waals surface area contributed by atoms with E-state index in [1.165, 1.54) is 19.3 Å². The number of nitrogens with zero attached hydrogens (tertiary/aromatic N) is 3. The minimum absolute atomic E-state index is 0.197. The van der Waals surface area contributed by atoms with Gasteiger partial charge in [0.25, 0.3) is 0 Å². The van der Waals surface area contributed by atoms with Gasteiger partial charge in [-0.1, -0.05) is 31.4 Å². The van der Waals surface area contributed by atoms with Gasteiger partial charge in [0.1, 0.15) is 5.82 Å². The van der Waals surface area contributed by atoms with Gasteiger partial charge < -0.3 is 10.3 Å². The molecule has 2 aromatic rings. The molecule has 2 heterocycles. The maximum Gasteiger partial charge on any atom is 0.234 e. The van der Waals surface area contributed by atoms with Crippen molar-refractivity contribution in [1.29, 1.82) is 0 Å². The fourth-order valence-electron chi connectivity index (χ4n) is 4.12. The van der Waals surface area contributed by atoms with Crippen LogP contribution in [0.5, 0.6) is 0 Å². The maximum absolute atomic E-state index is 12.3. The Labute approximate surface area is 155 Å². The predicted molar refractivity (Wildman–Crippen MR) is 103 cm³/mol. The molecule has 1 saturated carbocycles. The van der Waals surface area contributed by atoms with Crippen LogP contribution in [0.3, 0.4) is 0 Å². The van der Waals surface area contributed by atoms with E-state index in [2.05, 4.69) is 31.2 Å². The number of hydrogen-bond acceptors (Lipinski definition) is 4. The van der Waals surface area contributed by atoms with Crippen LogP contribution in [0.2, 0.25) is 0 Å². The van der Waals surface area contributed by atoms with E-state index in [-0.39, 0.29) is 5.91 Å². The van der Waals surface area contributed by atoms with Gasteiger partial charge in [-0.25, -0.2) is 4.98 Å². The summed E-state index contributed by atoms with van der Waals surface area (Å²) in [6.45, 7) is 5.23. The van der Waals surface area contributed by atoms with Crippen LogP contribution in [0.1, 0.15) is 37.9 Å². The molecule has 1 aromatic carbocycles. The average molecular weight is 355 g/mol. The number of piperazine rings is 1. The molecule has 26 heavy (non-hydrogen) atoms. The highest BCUT2D eigenvalue weighted by Gasteiger charge is 2.21. The molecule has 1 amide bonds. The largest absolute Gasteiger partial charge is 0.352 e. The SMILES string of the molecule is O=C(CN1CCN(Cc2nc3ccccc3[nH]2)CC1)NC1CCCCC1. The molecule has 0 spiro atoms. The van der Waals surface area contributed by atoms with E-state index in [9.17, 15) is 4.79 Å². The first-order valence-electron chi connectivity index (χ1n) is 9.94. The molecule has 2 N–H and O–H groups in total. The van der Waals surface area contributed by atoms with Crippen molar-refractivity contribution in [2.75, 3.05) is 32.7 Å². The Kier molecular flexibility index (Phi) is 5.51. The number of carbonyl (C=O) groups is 1. The summed E-state index contributed by atoms with van der Waals surface area (Å²) in [4.78, 5) is 25.0. The van der Waals surface area contributed by atoms with Crippen LogP contribution >= 0.6 is 0 Å². The molecule has 2 aliphatic rings. The molecular formula is C20H29N5O. The predicted octanol–water partition coefficient (Wildman–Crippen LogP) is 2.13. The molecular weight excluding hydrogens is 326 g/mol. The lowest BCUT2D eigenvalue weighted by molar-refractivity contribution is -0.123. The smallest absolute Gasteiger partial charge is 0.234 e. The van der Waals surface area contributed by atoms with E-state index in [4.69, 9.17) is 0 Å². The Hall–Kier alpha value is -1.92. The molecule has 0 unspecified atom stereocenters. The van der Waals surface area contributed by atoms with E-state index in [0.717, 1.165) is 62.4 Å². The van der Waals surface area contributed by atoms with Crippen LogP contribution in [-0.4, -0.2) is 64.4 Å². The number of para-hydroxylation sites is 2. The van der Waals surface area contributed by atoms with Crippen molar-refractivity contribution in [2.45, 2.75) is 44.7 Å². The molecule has 0 atom stereocenters. The van der Waals surface area contributed by atoms with Crippen molar-refractivity contribution in [1.82, 2.24) is 25.1 Å². The summed E-state index contributed by atoms with van der Waals surface area (Å²) in [5.74, 6) is 1.22. The summed E-state index contributed by atoms with van der Waals surface area (Å²) in [5, 5.41) is 3.22. The number of imidazole rings is 1. The van der Waals surface area contributed by atoms with Crippen molar-refractivity contribution in [3.8, 4) is 0 Å². The van der Waals surface area contributed by atoms with Gasteiger partial charge in [-0.15, -0.1) is 0 Å². The molecule has 6 nitrogen and oxygen atoms in total. The lowest BCUT2D eigenvalue weighted by atomic mass is 9.95. The summed E-state index contributed by atoms with van der Waals surface area (Å²) >= 11 is 0. The number of aromatic nitrogens is 2. The first-order chi connectivity index (χ1) is 12.8. The van der Waals surface area contributed by atoms with Crippen LogP contribution < -0.4 is 5.32 Å². The normalized spacial score (nSPS) is 20.5. The molecule has 1 aliphatic heterocycles. The highest BCUT2D eigenvalue weighted by Crippen LogP contribution is 2.17. The zero-order valence-corrected chi connectivity index (χ0v) is 15.4. The third kappa shape index (κ3) is 4.43. The number of H-pyrrole nitrogens is 1. The summed E-state index contributed by atoms with van der Waals surface area (Å²) in [6, 6.07) is 8.56. The lowest BCUT2D eigenvalue weighted by Crippen LogP contribution is -2.50. The Balaban J connectivity index is 1.21. The molecule has 4 rings (SSSR count). The van der Waals surface area contributed by atoms with Crippen LogP contribution in [0.15, 0.2) is 24.3 Å². The Bertz CT molecular complexity index is 696. The summed E-state index contributed by atoms with van der Waals surface area (Å²) < 4.78 is 0. The zero-order chi connectivity index (χ0) is 17.8. The molecule has 1 aromatic heterocycles. The van der Waals surface area contributed by atoms with Crippen LogP contribution in [0.4, 0.5) is 0 Å². The van der Waals surface area contributed by atoms with Gasteiger partial charge in [0.15, 0.2) is 0 Å².